The van der Waals surface area contributed by atoms with Gasteiger partial charge in [-0.15, -0.1) is 0 Å². The Morgan fingerprint density at radius 3 is 2.78 bits per heavy atom. The number of H-pyrrole nitrogens is 1. The number of aromatic nitrogens is 3. The Morgan fingerprint density at radius 1 is 1.17 bits per heavy atom. The van der Waals surface area contributed by atoms with Crippen LogP contribution in [0.4, 0.5) is 0 Å². The average Bonchev–Trinajstić information content (AvgIpc) is 3.17. The molecule has 7 nitrogen and oxygen atoms in total. The van der Waals surface area contributed by atoms with Crippen LogP contribution in [0.1, 0.15) is 42.5 Å². The number of aromatic amines is 1. The second-order valence-electron chi connectivity index (χ2n) is 6.44. The number of hydrogen-bond donors (Lipinski definition) is 2. The minimum Gasteiger partial charge on any atom is -0.480 e. The third-order valence-corrected chi connectivity index (χ3v) is 5.17. The van der Waals surface area contributed by atoms with Crippen molar-refractivity contribution >= 4 is 22.9 Å². The Morgan fingerprint density at radius 2 is 1.96 bits per heavy atom. The summed E-state index contributed by atoms with van der Waals surface area (Å²) in [6.45, 7) is 0. The fraction of sp³-hybridized carbons (Fsp3) is 0.500. The summed E-state index contributed by atoms with van der Waals surface area (Å²) in [5, 5.41) is 20.0. The van der Waals surface area contributed by atoms with Gasteiger partial charge in [-0.1, -0.05) is 12.8 Å². The topological polar surface area (TPSA) is 99.2 Å². The lowest BCUT2D eigenvalue weighted by atomic mass is 9.84. The molecule has 2 N–H and O–H groups in total. The van der Waals surface area contributed by atoms with Crippen molar-refractivity contribution in [2.24, 2.45) is 5.92 Å². The first-order chi connectivity index (χ1) is 11.1. The number of likely N-dealkylation sites (tertiary alicyclic amines) is 1. The summed E-state index contributed by atoms with van der Waals surface area (Å²) in [6, 6.07) is 4.43. The number of carboxylic acid groups (broad SMARTS) is 1. The summed E-state index contributed by atoms with van der Waals surface area (Å²) in [5.41, 5.74) is 1.78. The smallest absolute Gasteiger partial charge is 0.326 e. The normalized spacial score (nSPS) is 27.1. The van der Waals surface area contributed by atoms with E-state index >= 15 is 0 Å². The van der Waals surface area contributed by atoms with E-state index < -0.39 is 12.0 Å². The number of fused-ring (bicyclic) bond motifs is 2. The number of carbonyl (C=O) groups is 2. The third-order valence-electron chi connectivity index (χ3n) is 5.17. The summed E-state index contributed by atoms with van der Waals surface area (Å²) >= 11 is 0. The molecule has 1 saturated carbocycles. The number of hydrogen-bond acceptors (Lipinski definition) is 4. The first kappa shape index (κ1) is 14.2. The van der Waals surface area contributed by atoms with Gasteiger partial charge in [0.2, 0.25) is 0 Å². The average molecular weight is 314 g/mol. The summed E-state index contributed by atoms with van der Waals surface area (Å²) < 4.78 is 0. The van der Waals surface area contributed by atoms with Crippen molar-refractivity contribution in [3.63, 3.8) is 0 Å². The van der Waals surface area contributed by atoms with Gasteiger partial charge in [0.05, 0.1) is 0 Å². The zero-order chi connectivity index (χ0) is 16.0. The van der Waals surface area contributed by atoms with Gasteiger partial charge in [0.15, 0.2) is 0 Å². The summed E-state index contributed by atoms with van der Waals surface area (Å²) in [5.74, 6) is -0.809. The fourth-order valence-electron chi connectivity index (χ4n) is 4.10. The van der Waals surface area contributed by atoms with Crippen LogP contribution in [-0.4, -0.2) is 49.4 Å². The van der Waals surface area contributed by atoms with Gasteiger partial charge in [0.25, 0.3) is 5.91 Å². The molecule has 2 aromatic rings. The molecule has 0 spiro atoms. The number of nitrogens with zero attached hydrogens (tertiary/aromatic N) is 3. The van der Waals surface area contributed by atoms with Crippen LogP contribution in [-0.2, 0) is 4.79 Å². The van der Waals surface area contributed by atoms with E-state index in [0.29, 0.717) is 28.9 Å². The van der Waals surface area contributed by atoms with Crippen molar-refractivity contribution < 1.29 is 14.7 Å². The minimum absolute atomic E-state index is 0.0466. The Bertz CT molecular complexity index is 772. The number of carbonyl (C=O) groups excluding carboxylic acids is 1. The monoisotopic (exact) mass is 314 g/mol. The molecule has 1 aromatic heterocycles. The quantitative estimate of drug-likeness (QED) is 0.881. The molecule has 4 rings (SSSR count). The van der Waals surface area contributed by atoms with Gasteiger partial charge in [0, 0.05) is 11.6 Å². The zero-order valence-electron chi connectivity index (χ0n) is 12.6. The molecule has 3 unspecified atom stereocenters. The Kier molecular flexibility index (Phi) is 3.28. The first-order valence-electron chi connectivity index (χ1n) is 8.01. The van der Waals surface area contributed by atoms with Crippen molar-refractivity contribution in [1.29, 1.82) is 0 Å². The van der Waals surface area contributed by atoms with Crippen LogP contribution in [0, 0.1) is 5.92 Å². The highest BCUT2D eigenvalue weighted by atomic mass is 16.4. The predicted octanol–water partition coefficient (Wildman–Crippen LogP) is 1.82. The molecule has 1 aliphatic heterocycles. The lowest BCUT2D eigenvalue weighted by Crippen LogP contribution is -2.46. The van der Waals surface area contributed by atoms with Gasteiger partial charge in [0.1, 0.15) is 17.1 Å². The van der Waals surface area contributed by atoms with Crippen molar-refractivity contribution in [3.8, 4) is 0 Å². The minimum atomic E-state index is -0.907. The Hall–Kier alpha value is -2.44. The first-order valence-corrected chi connectivity index (χ1v) is 8.01. The fourth-order valence-corrected chi connectivity index (χ4v) is 4.10. The van der Waals surface area contributed by atoms with E-state index in [1.165, 1.54) is 0 Å². The molecule has 1 aromatic carbocycles. The molecule has 23 heavy (non-hydrogen) atoms. The van der Waals surface area contributed by atoms with Crippen LogP contribution in [0.2, 0.25) is 0 Å². The maximum Gasteiger partial charge on any atom is 0.326 e. The molecular weight excluding hydrogens is 296 g/mol. The number of benzene rings is 1. The summed E-state index contributed by atoms with van der Waals surface area (Å²) in [7, 11) is 0. The van der Waals surface area contributed by atoms with Gasteiger partial charge < -0.3 is 10.0 Å². The number of aliphatic carboxylic acids is 1. The summed E-state index contributed by atoms with van der Waals surface area (Å²) in [4.78, 5) is 26.2. The van der Waals surface area contributed by atoms with E-state index in [4.69, 9.17) is 0 Å². The molecule has 1 saturated heterocycles. The zero-order valence-corrected chi connectivity index (χ0v) is 12.6. The molecule has 0 radical (unpaired) electrons. The van der Waals surface area contributed by atoms with E-state index in [2.05, 4.69) is 15.4 Å². The molecule has 7 heteroatoms. The van der Waals surface area contributed by atoms with Crippen LogP contribution < -0.4 is 0 Å². The van der Waals surface area contributed by atoms with Gasteiger partial charge in [-0.3, -0.25) is 4.79 Å². The number of rotatable bonds is 2. The van der Waals surface area contributed by atoms with Crippen molar-refractivity contribution in [1.82, 2.24) is 20.3 Å². The molecule has 0 bridgehead atoms. The van der Waals surface area contributed by atoms with E-state index in [1.807, 2.05) is 0 Å². The maximum atomic E-state index is 13.0. The number of nitrogens with one attached hydrogen (secondary N) is 1. The lowest BCUT2D eigenvalue weighted by Gasteiger charge is -2.33. The molecule has 3 atom stereocenters. The lowest BCUT2D eigenvalue weighted by molar-refractivity contribution is -0.141. The van der Waals surface area contributed by atoms with E-state index in [1.54, 1.807) is 23.1 Å². The molecule has 2 aliphatic rings. The SMILES string of the molecule is O=C(O)C1CC2CCCCC2N1C(=O)c1ccc2n[nH]nc2c1. The highest BCUT2D eigenvalue weighted by Crippen LogP contribution is 2.40. The van der Waals surface area contributed by atoms with Crippen LogP contribution in [0.3, 0.4) is 0 Å². The van der Waals surface area contributed by atoms with Gasteiger partial charge in [-0.2, -0.15) is 15.4 Å². The molecule has 2 fully saturated rings. The van der Waals surface area contributed by atoms with E-state index in [9.17, 15) is 14.7 Å². The van der Waals surface area contributed by atoms with E-state index in [0.717, 1.165) is 25.7 Å². The van der Waals surface area contributed by atoms with Gasteiger partial charge >= 0.3 is 5.97 Å². The molecule has 120 valence electrons. The third kappa shape index (κ3) is 2.27. The molecule has 1 aliphatic carbocycles. The number of amides is 1. The molecule has 2 heterocycles. The van der Waals surface area contributed by atoms with Crippen LogP contribution in [0.5, 0.6) is 0 Å². The largest absolute Gasteiger partial charge is 0.480 e. The second kappa shape index (κ2) is 5.33. The molecular formula is C16H18N4O3. The van der Waals surface area contributed by atoms with Gasteiger partial charge in [-0.25, -0.2) is 4.79 Å². The van der Waals surface area contributed by atoms with Crippen LogP contribution in [0.15, 0.2) is 18.2 Å². The Labute approximate surface area is 132 Å². The maximum absolute atomic E-state index is 13.0. The standard InChI is InChI=1S/C16H18N4O3/c21-15(10-5-6-11-12(7-10)18-19-17-11)20-13-4-2-1-3-9(13)8-14(20)16(22)23/h5-7,9,13-14H,1-4,8H2,(H,22,23)(H,17,18,19). The highest BCUT2D eigenvalue weighted by Gasteiger charge is 2.47. The highest BCUT2D eigenvalue weighted by molar-refractivity contribution is 5.99. The molecule has 1 amide bonds. The summed E-state index contributed by atoms with van der Waals surface area (Å²) in [6.07, 6.45) is 4.66. The number of carboxylic acids is 1. The van der Waals surface area contributed by atoms with Crippen molar-refractivity contribution in [3.05, 3.63) is 23.8 Å². The Balaban J connectivity index is 1.70. The van der Waals surface area contributed by atoms with Crippen LogP contribution >= 0.6 is 0 Å². The van der Waals surface area contributed by atoms with Gasteiger partial charge in [-0.05, 0) is 43.4 Å². The van der Waals surface area contributed by atoms with E-state index in [-0.39, 0.29) is 11.9 Å². The second-order valence-corrected chi connectivity index (χ2v) is 6.44. The van der Waals surface area contributed by atoms with Crippen molar-refractivity contribution in [2.75, 3.05) is 0 Å². The van der Waals surface area contributed by atoms with Crippen LogP contribution in [0.25, 0.3) is 11.0 Å². The van der Waals surface area contributed by atoms with Crippen molar-refractivity contribution in [2.45, 2.75) is 44.2 Å². The predicted molar refractivity (Wildman–Crippen MR) is 81.8 cm³/mol.